The molecular weight excluding hydrogens is 331 g/mol. The number of hydrogen-bond acceptors (Lipinski definition) is 6. The third-order valence-corrected chi connectivity index (χ3v) is 3.87. The van der Waals surface area contributed by atoms with Crippen LogP contribution in [-0.4, -0.2) is 16.1 Å². The number of thiazole rings is 1. The average molecular weight is 342 g/mol. The number of aromatic nitrogens is 1. The van der Waals surface area contributed by atoms with E-state index in [9.17, 15) is 14.5 Å². The maximum absolute atomic E-state index is 12.9. The van der Waals surface area contributed by atoms with Crippen molar-refractivity contribution in [3.63, 3.8) is 0 Å². The van der Waals surface area contributed by atoms with Crippen LogP contribution in [0, 0.1) is 15.9 Å². The smallest absolute Gasteiger partial charge is 0.258 e. The minimum absolute atomic E-state index is 0.0315. The van der Waals surface area contributed by atoms with E-state index < -0.39 is 4.92 Å². The Kier molecular flexibility index (Phi) is 4.57. The molecule has 0 bridgehead atoms. The lowest BCUT2D eigenvalue weighted by atomic mass is 10.2. The zero-order chi connectivity index (χ0) is 16.9. The molecule has 2 aromatic carbocycles. The summed E-state index contributed by atoms with van der Waals surface area (Å²) >= 11 is 1.37. The number of benzene rings is 2. The molecule has 0 radical (unpaired) electrons. The summed E-state index contributed by atoms with van der Waals surface area (Å²) in [6.07, 6.45) is 1.54. The minimum Gasteiger partial charge on any atom is -0.258 e. The van der Waals surface area contributed by atoms with Crippen molar-refractivity contribution in [1.82, 2.24) is 4.98 Å². The van der Waals surface area contributed by atoms with Crippen molar-refractivity contribution in [2.75, 3.05) is 5.43 Å². The van der Waals surface area contributed by atoms with Crippen LogP contribution < -0.4 is 5.43 Å². The molecule has 6 nitrogen and oxygen atoms in total. The van der Waals surface area contributed by atoms with Gasteiger partial charge in [-0.05, 0) is 42.0 Å². The van der Waals surface area contributed by atoms with Gasteiger partial charge in [0.05, 0.1) is 16.8 Å². The topological polar surface area (TPSA) is 80.4 Å². The van der Waals surface area contributed by atoms with Gasteiger partial charge in [-0.3, -0.25) is 15.5 Å². The van der Waals surface area contributed by atoms with Crippen LogP contribution in [0.3, 0.4) is 0 Å². The Morgan fingerprint density at radius 2 is 1.88 bits per heavy atom. The normalized spacial score (nSPS) is 10.9. The second-order valence-electron chi connectivity index (χ2n) is 4.76. The molecule has 0 saturated carbocycles. The molecule has 1 heterocycles. The molecule has 1 aromatic heterocycles. The van der Waals surface area contributed by atoms with E-state index in [1.807, 2.05) is 5.38 Å². The minimum atomic E-state index is -0.453. The highest BCUT2D eigenvalue weighted by Crippen LogP contribution is 2.24. The number of halogens is 1. The van der Waals surface area contributed by atoms with Crippen molar-refractivity contribution in [1.29, 1.82) is 0 Å². The Morgan fingerprint density at radius 3 is 2.54 bits per heavy atom. The van der Waals surface area contributed by atoms with Crippen molar-refractivity contribution in [3.8, 4) is 11.3 Å². The van der Waals surface area contributed by atoms with E-state index in [2.05, 4.69) is 15.5 Å². The summed E-state index contributed by atoms with van der Waals surface area (Å²) in [4.78, 5) is 14.5. The quantitative estimate of drug-likeness (QED) is 0.426. The summed E-state index contributed by atoms with van der Waals surface area (Å²) < 4.78 is 12.9. The Labute approximate surface area is 140 Å². The van der Waals surface area contributed by atoms with E-state index in [-0.39, 0.29) is 11.5 Å². The lowest BCUT2D eigenvalue weighted by molar-refractivity contribution is -0.384. The molecule has 0 amide bonds. The first kappa shape index (κ1) is 15.8. The lowest BCUT2D eigenvalue weighted by Gasteiger charge is -1.96. The van der Waals surface area contributed by atoms with Crippen LogP contribution >= 0.6 is 11.3 Å². The first-order valence-corrected chi connectivity index (χ1v) is 7.75. The Morgan fingerprint density at radius 1 is 1.17 bits per heavy atom. The predicted molar refractivity (Wildman–Crippen MR) is 91.8 cm³/mol. The monoisotopic (exact) mass is 342 g/mol. The van der Waals surface area contributed by atoms with E-state index in [4.69, 9.17) is 0 Å². The first-order chi connectivity index (χ1) is 11.6. The molecule has 0 aliphatic heterocycles. The SMILES string of the molecule is O=[N+]([O-])c1ccc(/C=N/Nc2nc(-c3ccc(F)cc3)cs2)cc1. The van der Waals surface area contributed by atoms with Gasteiger partial charge in [-0.2, -0.15) is 5.10 Å². The van der Waals surface area contributed by atoms with E-state index >= 15 is 0 Å². The second-order valence-corrected chi connectivity index (χ2v) is 5.62. The van der Waals surface area contributed by atoms with E-state index in [1.165, 1.54) is 35.6 Å². The molecule has 1 N–H and O–H groups in total. The zero-order valence-electron chi connectivity index (χ0n) is 12.2. The van der Waals surface area contributed by atoms with E-state index in [0.717, 1.165) is 16.8 Å². The molecule has 3 aromatic rings. The van der Waals surface area contributed by atoms with Gasteiger partial charge in [0.1, 0.15) is 5.82 Å². The van der Waals surface area contributed by atoms with Gasteiger partial charge >= 0.3 is 0 Å². The number of hydrogen-bond donors (Lipinski definition) is 1. The summed E-state index contributed by atoms with van der Waals surface area (Å²) in [7, 11) is 0. The summed E-state index contributed by atoms with van der Waals surface area (Å²) in [5.41, 5.74) is 5.11. The molecule has 0 saturated heterocycles. The van der Waals surface area contributed by atoms with E-state index in [1.54, 1.807) is 30.5 Å². The number of nitrogens with zero attached hydrogens (tertiary/aromatic N) is 3. The number of hydrazone groups is 1. The van der Waals surface area contributed by atoms with Gasteiger partial charge in [0.2, 0.25) is 5.13 Å². The number of anilines is 1. The van der Waals surface area contributed by atoms with Gasteiger partial charge in [-0.1, -0.05) is 0 Å². The van der Waals surface area contributed by atoms with Gasteiger partial charge in [0.25, 0.3) is 5.69 Å². The molecule has 0 unspecified atom stereocenters. The fraction of sp³-hybridized carbons (Fsp3) is 0. The van der Waals surface area contributed by atoms with Gasteiger partial charge in [0, 0.05) is 23.1 Å². The summed E-state index contributed by atoms with van der Waals surface area (Å²) in [6, 6.07) is 12.1. The van der Waals surface area contributed by atoms with Crippen molar-refractivity contribution in [2.45, 2.75) is 0 Å². The van der Waals surface area contributed by atoms with Crippen molar-refractivity contribution in [3.05, 3.63) is 75.4 Å². The molecule has 0 fully saturated rings. The van der Waals surface area contributed by atoms with Crippen LogP contribution in [0.5, 0.6) is 0 Å². The summed E-state index contributed by atoms with van der Waals surface area (Å²) in [5.74, 6) is -0.292. The third kappa shape index (κ3) is 3.79. The molecule has 0 aliphatic carbocycles. The molecule has 0 aliphatic rings. The number of rotatable bonds is 5. The second kappa shape index (κ2) is 6.97. The standard InChI is InChI=1S/C16H11FN4O2S/c17-13-5-3-12(4-6-13)15-10-24-16(19-15)20-18-9-11-1-7-14(8-2-11)21(22)23/h1-10H,(H,19,20)/b18-9+. The van der Waals surface area contributed by atoms with Gasteiger partial charge in [-0.15, -0.1) is 11.3 Å². The molecule has 0 atom stereocenters. The highest BCUT2D eigenvalue weighted by molar-refractivity contribution is 7.14. The van der Waals surface area contributed by atoms with Crippen molar-refractivity contribution in [2.24, 2.45) is 5.10 Å². The Hall–Kier alpha value is -3.13. The van der Waals surface area contributed by atoms with Crippen LogP contribution in [0.25, 0.3) is 11.3 Å². The average Bonchev–Trinajstić information content (AvgIpc) is 3.05. The fourth-order valence-corrected chi connectivity index (χ4v) is 2.59. The molecule has 0 spiro atoms. The maximum atomic E-state index is 12.9. The number of nitro benzene ring substituents is 1. The fourth-order valence-electron chi connectivity index (χ4n) is 1.92. The van der Waals surface area contributed by atoms with Crippen LogP contribution in [0.15, 0.2) is 59.0 Å². The van der Waals surface area contributed by atoms with Crippen LogP contribution in [0.2, 0.25) is 0 Å². The molecule has 120 valence electrons. The van der Waals surface area contributed by atoms with Crippen molar-refractivity contribution >= 4 is 28.4 Å². The van der Waals surface area contributed by atoms with Crippen LogP contribution in [0.1, 0.15) is 5.56 Å². The summed E-state index contributed by atoms with van der Waals surface area (Å²) in [5, 5.41) is 17.1. The molecule has 24 heavy (non-hydrogen) atoms. The van der Waals surface area contributed by atoms with Gasteiger partial charge < -0.3 is 0 Å². The molecular formula is C16H11FN4O2S. The van der Waals surface area contributed by atoms with Crippen LogP contribution in [0.4, 0.5) is 15.2 Å². The zero-order valence-corrected chi connectivity index (χ0v) is 13.0. The Bertz CT molecular complexity index is 876. The maximum Gasteiger partial charge on any atom is 0.269 e. The number of nitrogens with one attached hydrogen (secondary N) is 1. The number of nitro groups is 1. The first-order valence-electron chi connectivity index (χ1n) is 6.87. The van der Waals surface area contributed by atoms with Gasteiger partial charge in [-0.25, -0.2) is 9.37 Å². The van der Waals surface area contributed by atoms with Crippen LogP contribution in [-0.2, 0) is 0 Å². The Balaban J connectivity index is 1.64. The predicted octanol–water partition coefficient (Wildman–Crippen LogP) is 4.30. The highest BCUT2D eigenvalue weighted by Gasteiger charge is 2.04. The lowest BCUT2D eigenvalue weighted by Crippen LogP contribution is -1.91. The highest BCUT2D eigenvalue weighted by atomic mass is 32.1. The van der Waals surface area contributed by atoms with Crippen molar-refractivity contribution < 1.29 is 9.31 Å². The number of non-ortho nitro benzene ring substituents is 1. The molecule has 8 heteroatoms. The van der Waals surface area contributed by atoms with E-state index in [0.29, 0.717) is 5.13 Å². The third-order valence-electron chi connectivity index (χ3n) is 3.12. The summed E-state index contributed by atoms with van der Waals surface area (Å²) in [6.45, 7) is 0. The largest absolute Gasteiger partial charge is 0.269 e. The molecule has 3 rings (SSSR count). The van der Waals surface area contributed by atoms with Gasteiger partial charge in [0.15, 0.2) is 0 Å².